The van der Waals surface area contributed by atoms with Gasteiger partial charge >= 0.3 is 5.97 Å². The second-order valence-corrected chi connectivity index (χ2v) is 6.59. The predicted octanol–water partition coefficient (Wildman–Crippen LogP) is 3.26. The fraction of sp³-hybridized carbons (Fsp3) is 0.929. The van der Waals surface area contributed by atoms with Crippen LogP contribution in [0.5, 0.6) is 0 Å². The highest BCUT2D eigenvalue weighted by Crippen LogP contribution is 2.53. The topological polar surface area (TPSA) is 26.3 Å². The smallest absolute Gasteiger partial charge is 0.309 e. The van der Waals surface area contributed by atoms with Crippen LogP contribution < -0.4 is 0 Å². The molecule has 2 saturated carbocycles. The predicted molar refractivity (Wildman–Crippen MR) is 63.9 cm³/mol. The zero-order valence-electron chi connectivity index (χ0n) is 11.0. The van der Waals surface area contributed by atoms with Crippen molar-refractivity contribution in [1.29, 1.82) is 0 Å². The van der Waals surface area contributed by atoms with Crippen molar-refractivity contribution in [3.05, 3.63) is 0 Å². The quantitative estimate of drug-likeness (QED) is 0.639. The van der Waals surface area contributed by atoms with E-state index in [2.05, 4.69) is 20.8 Å². The summed E-state index contributed by atoms with van der Waals surface area (Å²) in [5.41, 5.74) is 0.478. The molecule has 0 aliphatic heterocycles. The molecule has 0 bridgehead atoms. The Hall–Kier alpha value is -0.530. The van der Waals surface area contributed by atoms with Gasteiger partial charge in [0, 0.05) is 0 Å². The van der Waals surface area contributed by atoms with Crippen molar-refractivity contribution in [2.75, 3.05) is 7.11 Å². The Bertz CT molecular complexity index is 282. The first-order valence-electron chi connectivity index (χ1n) is 6.52. The number of ether oxygens (including phenoxy) is 1. The van der Waals surface area contributed by atoms with E-state index in [-0.39, 0.29) is 11.9 Å². The van der Waals surface area contributed by atoms with E-state index < -0.39 is 0 Å². The van der Waals surface area contributed by atoms with Crippen molar-refractivity contribution in [1.82, 2.24) is 0 Å². The van der Waals surface area contributed by atoms with Crippen molar-refractivity contribution < 1.29 is 9.53 Å². The first-order valence-corrected chi connectivity index (χ1v) is 6.52. The third-order valence-corrected chi connectivity index (χ3v) is 4.80. The van der Waals surface area contributed by atoms with Gasteiger partial charge in [-0.1, -0.05) is 20.8 Å². The normalized spacial score (nSPS) is 41.5. The molecule has 0 amide bonds. The second-order valence-electron chi connectivity index (χ2n) is 6.59. The lowest BCUT2D eigenvalue weighted by atomic mass is 9.67. The lowest BCUT2D eigenvalue weighted by Gasteiger charge is -2.38. The van der Waals surface area contributed by atoms with Gasteiger partial charge in [-0.05, 0) is 48.9 Å². The highest BCUT2D eigenvalue weighted by atomic mass is 16.5. The molecular formula is C14H24O2. The third kappa shape index (κ3) is 1.99. The number of fused-ring (bicyclic) bond motifs is 1. The zero-order chi connectivity index (χ0) is 11.9. The summed E-state index contributed by atoms with van der Waals surface area (Å²) in [6.07, 6.45) is 4.97. The van der Waals surface area contributed by atoms with Crippen LogP contribution in [0.15, 0.2) is 0 Å². The Morgan fingerprint density at radius 3 is 2.69 bits per heavy atom. The van der Waals surface area contributed by atoms with E-state index in [1.807, 2.05) is 0 Å². The maximum absolute atomic E-state index is 11.8. The van der Waals surface area contributed by atoms with Crippen molar-refractivity contribution >= 4 is 5.97 Å². The molecule has 0 aromatic rings. The Morgan fingerprint density at radius 1 is 1.38 bits per heavy atom. The van der Waals surface area contributed by atoms with Crippen LogP contribution in [0, 0.1) is 29.1 Å². The molecule has 0 saturated heterocycles. The Morgan fingerprint density at radius 2 is 2.06 bits per heavy atom. The van der Waals surface area contributed by atoms with Gasteiger partial charge in [-0.25, -0.2) is 0 Å². The maximum atomic E-state index is 11.8. The Kier molecular flexibility index (Phi) is 3.02. The molecule has 4 atom stereocenters. The van der Waals surface area contributed by atoms with Gasteiger partial charge in [-0.2, -0.15) is 0 Å². The molecule has 0 heterocycles. The SMILES string of the molecule is COC(=O)[C@@H]1[C@@H]2CCC(C)(C)C[C@@H]2C[C@H]1C. The first-order chi connectivity index (χ1) is 7.44. The molecule has 0 spiro atoms. The number of hydrogen-bond donors (Lipinski definition) is 0. The van der Waals surface area contributed by atoms with Crippen LogP contribution in [0.2, 0.25) is 0 Å². The van der Waals surface area contributed by atoms with Gasteiger partial charge in [-0.15, -0.1) is 0 Å². The first kappa shape index (κ1) is 11.9. The van der Waals surface area contributed by atoms with E-state index in [0.717, 1.165) is 5.92 Å². The highest BCUT2D eigenvalue weighted by Gasteiger charge is 2.49. The lowest BCUT2D eigenvalue weighted by molar-refractivity contribution is -0.148. The van der Waals surface area contributed by atoms with Gasteiger partial charge in [0.2, 0.25) is 0 Å². The number of carbonyl (C=O) groups excluding carboxylic acids is 1. The standard InChI is InChI=1S/C14H24O2/c1-9-7-10-8-14(2,3)6-5-11(10)12(9)13(15)16-4/h9-12H,5-8H2,1-4H3/t9-,10+,11-,12+/m1/s1. The third-order valence-electron chi connectivity index (χ3n) is 4.80. The van der Waals surface area contributed by atoms with E-state index in [1.165, 1.54) is 32.8 Å². The van der Waals surface area contributed by atoms with Crippen molar-refractivity contribution in [3.8, 4) is 0 Å². The molecule has 0 N–H and O–H groups in total. The molecule has 0 unspecified atom stereocenters. The Balaban J connectivity index is 2.12. The minimum absolute atomic E-state index is 0.0275. The van der Waals surface area contributed by atoms with Gasteiger partial charge < -0.3 is 4.74 Å². The maximum Gasteiger partial charge on any atom is 0.309 e. The number of hydrogen-bond acceptors (Lipinski definition) is 2. The van der Waals surface area contributed by atoms with Crippen molar-refractivity contribution in [2.24, 2.45) is 29.1 Å². The van der Waals surface area contributed by atoms with E-state index in [0.29, 0.717) is 17.3 Å². The highest BCUT2D eigenvalue weighted by molar-refractivity contribution is 5.73. The van der Waals surface area contributed by atoms with Crippen molar-refractivity contribution in [2.45, 2.75) is 46.5 Å². The minimum atomic E-state index is 0.0275. The molecule has 2 aliphatic rings. The molecule has 2 aliphatic carbocycles. The van der Waals surface area contributed by atoms with Crippen LogP contribution in [0.4, 0.5) is 0 Å². The summed E-state index contributed by atoms with van der Waals surface area (Å²) in [7, 11) is 1.52. The minimum Gasteiger partial charge on any atom is -0.469 e. The molecule has 92 valence electrons. The largest absolute Gasteiger partial charge is 0.469 e. The second kappa shape index (κ2) is 4.05. The van der Waals surface area contributed by atoms with E-state index in [1.54, 1.807) is 0 Å². The molecule has 0 radical (unpaired) electrons. The summed E-state index contributed by atoms with van der Waals surface area (Å²) in [4.78, 5) is 11.8. The van der Waals surface area contributed by atoms with Gasteiger partial charge in [0.15, 0.2) is 0 Å². The molecule has 2 rings (SSSR count). The molecular weight excluding hydrogens is 200 g/mol. The summed E-state index contributed by atoms with van der Waals surface area (Å²) in [5, 5.41) is 0. The fourth-order valence-corrected chi connectivity index (χ4v) is 4.08. The summed E-state index contributed by atoms with van der Waals surface area (Å²) in [6.45, 7) is 6.94. The molecule has 0 aromatic heterocycles. The van der Waals surface area contributed by atoms with E-state index in [9.17, 15) is 4.79 Å². The lowest BCUT2D eigenvalue weighted by Crippen LogP contribution is -2.32. The molecule has 2 fully saturated rings. The van der Waals surface area contributed by atoms with Gasteiger partial charge in [0.25, 0.3) is 0 Å². The average molecular weight is 224 g/mol. The van der Waals surface area contributed by atoms with Crippen LogP contribution in [0.1, 0.15) is 46.5 Å². The number of rotatable bonds is 1. The van der Waals surface area contributed by atoms with Crippen molar-refractivity contribution in [3.63, 3.8) is 0 Å². The van der Waals surface area contributed by atoms with Gasteiger partial charge in [0.05, 0.1) is 13.0 Å². The van der Waals surface area contributed by atoms with Crippen LogP contribution in [0.3, 0.4) is 0 Å². The van der Waals surface area contributed by atoms with Crippen LogP contribution in [-0.2, 0) is 9.53 Å². The Labute approximate surface area is 98.7 Å². The summed E-state index contributed by atoms with van der Waals surface area (Å²) in [6, 6.07) is 0. The van der Waals surface area contributed by atoms with Crippen LogP contribution >= 0.6 is 0 Å². The average Bonchev–Trinajstić information content (AvgIpc) is 2.50. The molecule has 0 aromatic carbocycles. The summed E-state index contributed by atoms with van der Waals surface area (Å²) < 4.78 is 4.97. The van der Waals surface area contributed by atoms with Gasteiger partial charge in [-0.3, -0.25) is 4.79 Å². The van der Waals surface area contributed by atoms with Gasteiger partial charge in [0.1, 0.15) is 0 Å². The number of methoxy groups -OCH3 is 1. The molecule has 2 nitrogen and oxygen atoms in total. The fourth-order valence-electron chi connectivity index (χ4n) is 4.08. The number of carbonyl (C=O) groups is 1. The summed E-state index contributed by atoms with van der Waals surface area (Å²) in [5.74, 6) is 2.06. The van der Waals surface area contributed by atoms with Crippen LogP contribution in [0.25, 0.3) is 0 Å². The van der Waals surface area contributed by atoms with E-state index >= 15 is 0 Å². The summed E-state index contributed by atoms with van der Waals surface area (Å²) >= 11 is 0. The monoisotopic (exact) mass is 224 g/mol. The zero-order valence-corrected chi connectivity index (χ0v) is 11.0. The van der Waals surface area contributed by atoms with Crippen LogP contribution in [-0.4, -0.2) is 13.1 Å². The molecule has 16 heavy (non-hydrogen) atoms. The number of esters is 1. The van der Waals surface area contributed by atoms with E-state index in [4.69, 9.17) is 4.74 Å². The molecule has 2 heteroatoms.